The molecule has 7 nitrogen and oxygen atoms in total. The highest BCUT2D eigenvalue weighted by Crippen LogP contribution is 2.41. The van der Waals surface area contributed by atoms with E-state index in [-0.39, 0.29) is 0 Å². The molecule has 1 saturated heterocycles. The van der Waals surface area contributed by atoms with Gasteiger partial charge in [-0.15, -0.1) is 11.8 Å². The highest BCUT2D eigenvalue weighted by atomic mass is 35.5. The lowest BCUT2D eigenvalue weighted by atomic mass is 9.74. The molecule has 1 aliphatic heterocycles. The summed E-state index contributed by atoms with van der Waals surface area (Å²) in [5.41, 5.74) is 0.412. The zero-order valence-corrected chi connectivity index (χ0v) is 22.7. The van der Waals surface area contributed by atoms with E-state index < -0.39 is 17.5 Å². The number of halogens is 1. The maximum Gasteiger partial charge on any atom is 0.309 e. The summed E-state index contributed by atoms with van der Waals surface area (Å²) in [5, 5.41) is 22.4. The Morgan fingerprint density at radius 2 is 1.89 bits per heavy atom. The monoisotopic (exact) mass is 544 g/mol. The molecule has 2 N–H and O–H groups in total. The number of thioether (sulfide) groups is 1. The zero-order chi connectivity index (χ0) is 26.4. The Morgan fingerprint density at radius 1 is 1.16 bits per heavy atom. The number of carboxylic acid groups (broad SMARTS) is 1. The van der Waals surface area contributed by atoms with Crippen LogP contribution < -0.4 is 9.47 Å². The first-order valence-corrected chi connectivity index (χ1v) is 13.7. The van der Waals surface area contributed by atoms with Crippen LogP contribution in [0.2, 0.25) is 5.02 Å². The first kappa shape index (κ1) is 27.5. The van der Waals surface area contributed by atoms with Gasteiger partial charge in [-0.25, -0.2) is 0 Å². The van der Waals surface area contributed by atoms with E-state index in [1.165, 1.54) is 6.20 Å². The van der Waals surface area contributed by atoms with E-state index in [2.05, 4.69) is 16.0 Å². The standard InChI is InChI=1S/C28H33ClN2O5S/c1-35-19-4-3-5-21(16-19)37-15-14-31-12-10-28(11-13-31,27(33)34)9-8-25(32)26-22-17-20(36-2)6-7-24(22)30-18-23(26)29/h3-7,16-18,25,32H,8-15H2,1-2H3,(H,33,34)/t25-/m0/s1. The molecule has 198 valence electrons. The summed E-state index contributed by atoms with van der Waals surface area (Å²) in [6, 6.07) is 13.4. The fourth-order valence-electron chi connectivity index (χ4n) is 4.95. The van der Waals surface area contributed by atoms with Gasteiger partial charge in [-0.05, 0) is 75.2 Å². The summed E-state index contributed by atoms with van der Waals surface area (Å²) in [5.74, 6) is 1.61. The van der Waals surface area contributed by atoms with Gasteiger partial charge in [0.05, 0.1) is 36.3 Å². The number of fused-ring (bicyclic) bond motifs is 1. The van der Waals surface area contributed by atoms with Crippen LogP contribution in [0.3, 0.4) is 0 Å². The van der Waals surface area contributed by atoms with Crippen molar-refractivity contribution < 1.29 is 24.5 Å². The number of aromatic nitrogens is 1. The summed E-state index contributed by atoms with van der Waals surface area (Å²) >= 11 is 8.21. The molecule has 3 aromatic rings. The van der Waals surface area contributed by atoms with Crippen LogP contribution in [0.15, 0.2) is 53.6 Å². The minimum absolute atomic E-state index is 0.300. The van der Waals surface area contributed by atoms with Crippen molar-refractivity contribution in [2.45, 2.75) is 36.7 Å². The maximum absolute atomic E-state index is 12.4. The summed E-state index contributed by atoms with van der Waals surface area (Å²) < 4.78 is 10.6. The van der Waals surface area contributed by atoms with E-state index in [1.54, 1.807) is 26.0 Å². The van der Waals surface area contributed by atoms with Gasteiger partial charge in [0.1, 0.15) is 11.5 Å². The predicted molar refractivity (Wildman–Crippen MR) is 147 cm³/mol. The molecule has 9 heteroatoms. The van der Waals surface area contributed by atoms with Crippen molar-refractivity contribution in [1.82, 2.24) is 9.88 Å². The lowest BCUT2D eigenvalue weighted by Crippen LogP contribution is -2.45. The molecular formula is C28H33ClN2O5S. The van der Waals surface area contributed by atoms with Crippen LogP contribution in [-0.2, 0) is 4.79 Å². The molecule has 1 atom stereocenters. The quantitative estimate of drug-likeness (QED) is 0.298. The number of piperidine rings is 1. The third kappa shape index (κ3) is 6.49. The predicted octanol–water partition coefficient (Wildman–Crippen LogP) is 5.68. The number of methoxy groups -OCH3 is 2. The Hall–Kier alpha value is -2.52. The number of ether oxygens (including phenoxy) is 2. The van der Waals surface area contributed by atoms with Crippen LogP contribution in [0.5, 0.6) is 11.5 Å². The van der Waals surface area contributed by atoms with Crippen LogP contribution in [0.25, 0.3) is 10.9 Å². The first-order chi connectivity index (χ1) is 17.8. The first-order valence-electron chi connectivity index (χ1n) is 12.4. The Bertz CT molecular complexity index is 1230. The van der Waals surface area contributed by atoms with Crippen molar-refractivity contribution >= 4 is 40.2 Å². The largest absolute Gasteiger partial charge is 0.497 e. The van der Waals surface area contributed by atoms with Gasteiger partial charge >= 0.3 is 5.97 Å². The molecule has 0 saturated carbocycles. The molecule has 0 bridgehead atoms. The summed E-state index contributed by atoms with van der Waals surface area (Å²) in [6.45, 7) is 2.33. The van der Waals surface area contributed by atoms with Crippen LogP contribution in [-0.4, -0.2) is 65.7 Å². The number of hydrogen-bond donors (Lipinski definition) is 2. The third-order valence-electron chi connectivity index (χ3n) is 7.28. The molecule has 2 heterocycles. The Balaban J connectivity index is 1.36. The van der Waals surface area contributed by atoms with Gasteiger partial charge in [0.25, 0.3) is 0 Å². The van der Waals surface area contributed by atoms with Gasteiger partial charge in [0, 0.05) is 34.3 Å². The molecule has 4 rings (SSSR count). The van der Waals surface area contributed by atoms with E-state index in [9.17, 15) is 15.0 Å². The van der Waals surface area contributed by atoms with E-state index in [0.717, 1.165) is 36.0 Å². The number of aliphatic hydroxyl groups is 1. The molecule has 0 unspecified atom stereocenters. The fourth-order valence-corrected chi connectivity index (χ4v) is 6.19. The number of nitrogens with zero attached hydrogens (tertiary/aromatic N) is 2. The minimum atomic E-state index is -0.904. The topological polar surface area (TPSA) is 92.1 Å². The lowest BCUT2D eigenvalue weighted by molar-refractivity contribution is -0.153. The van der Waals surface area contributed by atoms with Gasteiger partial charge in [-0.1, -0.05) is 17.7 Å². The number of likely N-dealkylation sites (tertiary alicyclic amines) is 1. The molecule has 37 heavy (non-hydrogen) atoms. The van der Waals surface area contributed by atoms with Crippen molar-refractivity contribution in [3.8, 4) is 11.5 Å². The Kier molecular flexibility index (Phi) is 9.18. The van der Waals surface area contributed by atoms with Gasteiger partial charge in [0.2, 0.25) is 0 Å². The normalized spacial score (nSPS) is 16.4. The van der Waals surface area contributed by atoms with Crippen LogP contribution >= 0.6 is 23.4 Å². The molecule has 2 aromatic carbocycles. The zero-order valence-electron chi connectivity index (χ0n) is 21.2. The number of carbonyl (C=O) groups is 1. The van der Waals surface area contributed by atoms with E-state index in [4.69, 9.17) is 21.1 Å². The van der Waals surface area contributed by atoms with Crippen molar-refractivity contribution in [1.29, 1.82) is 0 Å². The Morgan fingerprint density at radius 3 is 2.59 bits per heavy atom. The molecule has 1 aromatic heterocycles. The maximum atomic E-state index is 12.4. The van der Waals surface area contributed by atoms with Gasteiger partial charge < -0.3 is 24.6 Å². The summed E-state index contributed by atoms with van der Waals surface area (Å²) in [6.07, 6.45) is 2.41. The second kappa shape index (κ2) is 12.3. The summed E-state index contributed by atoms with van der Waals surface area (Å²) in [7, 11) is 3.24. The average Bonchev–Trinajstić information content (AvgIpc) is 2.92. The van der Waals surface area contributed by atoms with Crippen molar-refractivity contribution in [3.63, 3.8) is 0 Å². The average molecular weight is 545 g/mol. The second-order valence-corrected chi connectivity index (χ2v) is 11.0. The Labute approximate surface area is 226 Å². The number of carboxylic acids is 1. The van der Waals surface area contributed by atoms with Crippen LogP contribution in [0, 0.1) is 5.41 Å². The van der Waals surface area contributed by atoms with Crippen LogP contribution in [0.1, 0.15) is 37.4 Å². The van der Waals surface area contributed by atoms with E-state index in [0.29, 0.717) is 52.9 Å². The van der Waals surface area contributed by atoms with E-state index >= 15 is 0 Å². The van der Waals surface area contributed by atoms with Gasteiger partial charge in [0.15, 0.2) is 0 Å². The highest BCUT2D eigenvalue weighted by molar-refractivity contribution is 7.99. The molecule has 0 amide bonds. The molecule has 1 fully saturated rings. The number of pyridine rings is 1. The fraction of sp³-hybridized carbons (Fsp3) is 0.429. The smallest absolute Gasteiger partial charge is 0.309 e. The number of aliphatic carboxylic acids is 1. The van der Waals surface area contributed by atoms with E-state index in [1.807, 2.05) is 36.4 Å². The van der Waals surface area contributed by atoms with Crippen molar-refractivity contribution in [2.24, 2.45) is 5.41 Å². The SMILES string of the molecule is COc1cccc(SCCN2CCC(CC[C@H](O)c3c(Cl)cnc4ccc(OC)cc34)(C(=O)O)CC2)c1. The van der Waals surface area contributed by atoms with Gasteiger partial charge in [-0.2, -0.15) is 0 Å². The number of hydrogen-bond acceptors (Lipinski definition) is 7. The van der Waals surface area contributed by atoms with Crippen molar-refractivity contribution in [3.05, 3.63) is 59.2 Å². The summed E-state index contributed by atoms with van der Waals surface area (Å²) in [4.78, 5) is 20.2. The minimum Gasteiger partial charge on any atom is -0.497 e. The van der Waals surface area contributed by atoms with Crippen molar-refractivity contribution in [2.75, 3.05) is 39.6 Å². The number of benzene rings is 2. The molecule has 0 radical (unpaired) electrons. The third-order valence-corrected chi connectivity index (χ3v) is 8.56. The second-order valence-electron chi connectivity index (χ2n) is 9.41. The number of aliphatic hydroxyl groups excluding tert-OH is 1. The molecule has 1 aliphatic rings. The lowest BCUT2D eigenvalue weighted by Gasteiger charge is -2.39. The molecule has 0 spiro atoms. The van der Waals surface area contributed by atoms with Gasteiger partial charge in [-0.3, -0.25) is 9.78 Å². The van der Waals surface area contributed by atoms with Crippen LogP contribution in [0.4, 0.5) is 0 Å². The number of rotatable bonds is 11. The highest BCUT2D eigenvalue weighted by Gasteiger charge is 2.41. The molecule has 0 aliphatic carbocycles. The molecular weight excluding hydrogens is 512 g/mol.